The molecule has 0 saturated heterocycles. The van der Waals surface area contributed by atoms with E-state index in [1.807, 2.05) is 0 Å². The molecule has 0 aromatic heterocycles. The Kier molecular flexibility index (Phi) is 4.71. The molecule has 1 aliphatic carbocycles. The van der Waals surface area contributed by atoms with E-state index in [1.165, 1.54) is 32.1 Å². The van der Waals surface area contributed by atoms with Crippen LogP contribution in [0.1, 0.15) is 51.4 Å². The number of rotatable bonds is 6. The van der Waals surface area contributed by atoms with Gasteiger partial charge in [-0.3, -0.25) is 0 Å². The van der Waals surface area contributed by atoms with E-state index in [4.69, 9.17) is 5.11 Å². The van der Waals surface area contributed by atoms with Gasteiger partial charge in [0, 0.05) is 5.57 Å². The molecule has 0 amide bonds. The smallest absolute Gasteiger partial charge is 0.330 e. The lowest BCUT2D eigenvalue weighted by Gasteiger charge is -2.07. The predicted octanol–water partition coefficient (Wildman–Crippen LogP) is 3.38. The fourth-order valence-electron chi connectivity index (χ4n) is 2.18. The van der Waals surface area contributed by atoms with Gasteiger partial charge in [-0.2, -0.15) is 0 Å². The summed E-state index contributed by atoms with van der Waals surface area (Å²) in [7, 11) is 0. The molecule has 0 aliphatic heterocycles. The van der Waals surface area contributed by atoms with Crippen molar-refractivity contribution < 1.29 is 9.90 Å². The van der Waals surface area contributed by atoms with Gasteiger partial charge in [0.2, 0.25) is 0 Å². The van der Waals surface area contributed by atoms with Gasteiger partial charge in [0.25, 0.3) is 0 Å². The Balaban J connectivity index is 1.98. The Labute approximate surface area is 86.0 Å². The molecule has 2 heteroatoms. The van der Waals surface area contributed by atoms with Gasteiger partial charge < -0.3 is 5.11 Å². The van der Waals surface area contributed by atoms with Gasteiger partial charge >= 0.3 is 5.97 Å². The molecule has 2 nitrogen and oxygen atoms in total. The highest BCUT2D eigenvalue weighted by Gasteiger charge is 2.14. The monoisotopic (exact) mass is 196 g/mol. The van der Waals surface area contributed by atoms with Crippen LogP contribution >= 0.6 is 0 Å². The Bertz CT molecular complexity index is 202. The summed E-state index contributed by atoms with van der Waals surface area (Å²) in [5.41, 5.74) is 0.358. The van der Waals surface area contributed by atoms with Gasteiger partial charge in [0.05, 0.1) is 0 Å². The van der Waals surface area contributed by atoms with Crippen molar-refractivity contribution in [3.05, 3.63) is 12.2 Å². The molecule has 1 aliphatic rings. The molecule has 0 unspecified atom stereocenters. The van der Waals surface area contributed by atoms with Gasteiger partial charge in [-0.15, -0.1) is 0 Å². The second-order valence-electron chi connectivity index (χ2n) is 4.30. The Morgan fingerprint density at radius 2 is 1.93 bits per heavy atom. The van der Waals surface area contributed by atoms with E-state index in [1.54, 1.807) is 0 Å². The molecule has 1 fully saturated rings. The normalized spacial score (nSPS) is 17.1. The van der Waals surface area contributed by atoms with Gasteiger partial charge in [-0.25, -0.2) is 4.79 Å². The van der Waals surface area contributed by atoms with Gasteiger partial charge in [0.15, 0.2) is 0 Å². The first-order valence-corrected chi connectivity index (χ1v) is 5.61. The van der Waals surface area contributed by atoms with Crippen molar-refractivity contribution in [1.82, 2.24) is 0 Å². The van der Waals surface area contributed by atoms with Crippen LogP contribution in [0.5, 0.6) is 0 Å². The molecule has 1 N–H and O–H groups in total. The largest absolute Gasteiger partial charge is 0.478 e. The molecule has 0 bridgehead atoms. The molecule has 0 radical (unpaired) electrons. The molecule has 1 rings (SSSR count). The molecule has 80 valence electrons. The van der Waals surface area contributed by atoms with Crippen molar-refractivity contribution in [2.75, 3.05) is 0 Å². The molecule has 0 aromatic carbocycles. The first-order chi connectivity index (χ1) is 6.70. The summed E-state index contributed by atoms with van der Waals surface area (Å²) >= 11 is 0. The van der Waals surface area contributed by atoms with E-state index in [9.17, 15) is 4.79 Å². The highest BCUT2D eigenvalue weighted by atomic mass is 16.4. The number of carboxylic acids is 1. The van der Waals surface area contributed by atoms with Crippen molar-refractivity contribution in [3.63, 3.8) is 0 Å². The number of unbranched alkanes of at least 4 members (excludes halogenated alkanes) is 1. The van der Waals surface area contributed by atoms with Crippen LogP contribution in [0, 0.1) is 5.92 Å². The second-order valence-corrected chi connectivity index (χ2v) is 4.30. The number of hydrogen-bond acceptors (Lipinski definition) is 1. The Morgan fingerprint density at radius 1 is 1.29 bits per heavy atom. The number of aliphatic carboxylic acids is 1. The third-order valence-corrected chi connectivity index (χ3v) is 3.12. The summed E-state index contributed by atoms with van der Waals surface area (Å²) in [6.07, 6.45) is 9.66. The zero-order chi connectivity index (χ0) is 10.4. The third kappa shape index (κ3) is 3.95. The molecule has 0 heterocycles. The average molecular weight is 196 g/mol. The summed E-state index contributed by atoms with van der Waals surface area (Å²) in [4.78, 5) is 10.5. The van der Waals surface area contributed by atoms with Crippen LogP contribution in [0.2, 0.25) is 0 Å². The quantitative estimate of drug-likeness (QED) is 0.522. The van der Waals surface area contributed by atoms with Crippen LogP contribution in [-0.4, -0.2) is 11.1 Å². The first kappa shape index (κ1) is 11.3. The third-order valence-electron chi connectivity index (χ3n) is 3.12. The van der Waals surface area contributed by atoms with Crippen LogP contribution < -0.4 is 0 Å². The first-order valence-electron chi connectivity index (χ1n) is 5.61. The minimum Gasteiger partial charge on any atom is -0.478 e. The summed E-state index contributed by atoms with van der Waals surface area (Å²) in [5.74, 6) is 0.0824. The Hall–Kier alpha value is -0.790. The molecule has 1 saturated carbocycles. The highest BCUT2D eigenvalue weighted by molar-refractivity contribution is 5.85. The molecule has 0 aromatic rings. The van der Waals surface area contributed by atoms with E-state index in [-0.39, 0.29) is 0 Å². The lowest BCUT2D eigenvalue weighted by atomic mass is 9.99. The molecule has 0 atom stereocenters. The number of carbonyl (C=O) groups is 1. The van der Waals surface area contributed by atoms with Gasteiger partial charge in [-0.1, -0.05) is 45.1 Å². The van der Waals surface area contributed by atoms with Crippen LogP contribution in [0.4, 0.5) is 0 Å². The average Bonchev–Trinajstić information content (AvgIpc) is 2.64. The van der Waals surface area contributed by atoms with E-state index in [0.717, 1.165) is 18.8 Å². The van der Waals surface area contributed by atoms with E-state index >= 15 is 0 Å². The molecule has 0 spiro atoms. The van der Waals surface area contributed by atoms with Gasteiger partial charge in [0.1, 0.15) is 0 Å². The maximum atomic E-state index is 10.5. The van der Waals surface area contributed by atoms with Crippen LogP contribution in [0.3, 0.4) is 0 Å². The standard InChI is InChI=1S/C12H20O2/c1-10(12(13)14)6-2-3-7-11-8-4-5-9-11/h11H,1-9H2,(H,13,14). The van der Waals surface area contributed by atoms with Crippen molar-refractivity contribution in [2.45, 2.75) is 51.4 Å². The minimum atomic E-state index is -0.842. The lowest BCUT2D eigenvalue weighted by molar-refractivity contribution is -0.132. The summed E-state index contributed by atoms with van der Waals surface area (Å²) in [6, 6.07) is 0. The molecular weight excluding hydrogens is 176 g/mol. The maximum absolute atomic E-state index is 10.5. The van der Waals surface area contributed by atoms with Crippen molar-refractivity contribution in [1.29, 1.82) is 0 Å². The van der Waals surface area contributed by atoms with E-state index in [2.05, 4.69) is 6.58 Å². The molecular formula is C12H20O2. The maximum Gasteiger partial charge on any atom is 0.330 e. The van der Waals surface area contributed by atoms with Crippen LogP contribution in [0.25, 0.3) is 0 Å². The zero-order valence-electron chi connectivity index (χ0n) is 8.80. The number of hydrogen-bond donors (Lipinski definition) is 1. The number of carboxylic acid groups (broad SMARTS) is 1. The van der Waals surface area contributed by atoms with Crippen molar-refractivity contribution in [3.8, 4) is 0 Å². The predicted molar refractivity (Wildman–Crippen MR) is 57.2 cm³/mol. The molecule has 14 heavy (non-hydrogen) atoms. The van der Waals surface area contributed by atoms with E-state index < -0.39 is 5.97 Å². The van der Waals surface area contributed by atoms with E-state index in [0.29, 0.717) is 12.0 Å². The highest BCUT2D eigenvalue weighted by Crippen LogP contribution is 2.29. The summed E-state index contributed by atoms with van der Waals surface area (Å²) in [5, 5.41) is 8.59. The fourth-order valence-corrected chi connectivity index (χ4v) is 2.18. The summed E-state index contributed by atoms with van der Waals surface area (Å²) < 4.78 is 0. The topological polar surface area (TPSA) is 37.3 Å². The SMILES string of the molecule is C=C(CCCCC1CCCC1)C(=O)O. The zero-order valence-corrected chi connectivity index (χ0v) is 8.80. The Morgan fingerprint density at radius 3 is 2.50 bits per heavy atom. The second kappa shape index (κ2) is 5.84. The summed E-state index contributed by atoms with van der Waals surface area (Å²) in [6.45, 7) is 3.52. The van der Waals surface area contributed by atoms with Gasteiger partial charge in [-0.05, 0) is 18.8 Å². The van der Waals surface area contributed by atoms with Crippen LogP contribution in [-0.2, 0) is 4.79 Å². The van der Waals surface area contributed by atoms with Crippen molar-refractivity contribution in [2.24, 2.45) is 5.92 Å². The lowest BCUT2D eigenvalue weighted by Crippen LogP contribution is -1.99. The van der Waals surface area contributed by atoms with Crippen molar-refractivity contribution >= 4 is 5.97 Å². The fraction of sp³-hybridized carbons (Fsp3) is 0.750. The minimum absolute atomic E-state index is 0.358. The van der Waals surface area contributed by atoms with Crippen LogP contribution in [0.15, 0.2) is 12.2 Å².